The van der Waals surface area contributed by atoms with Gasteiger partial charge in [-0.05, 0) is 41.1 Å². The van der Waals surface area contributed by atoms with Gasteiger partial charge in [0.25, 0.3) is 5.69 Å². The SMILES string of the molecule is Cc1ccc(Oc2cccc([N+](=O)[O-])c2Br)c(C=O)c1. The number of aldehydes is 1. The van der Waals surface area contributed by atoms with Crippen molar-refractivity contribution in [2.45, 2.75) is 6.92 Å². The van der Waals surface area contributed by atoms with Crippen molar-refractivity contribution in [3.63, 3.8) is 0 Å². The lowest BCUT2D eigenvalue weighted by Crippen LogP contribution is -1.94. The molecule has 20 heavy (non-hydrogen) atoms. The number of nitrogens with zero attached hydrogens (tertiary/aromatic N) is 1. The van der Waals surface area contributed by atoms with Crippen LogP contribution in [0.15, 0.2) is 40.9 Å². The van der Waals surface area contributed by atoms with E-state index in [0.717, 1.165) is 5.56 Å². The standard InChI is InChI=1S/C14H10BrNO4/c1-9-5-6-12(10(7-9)8-17)20-13-4-2-3-11(14(13)15)16(18)19/h2-8H,1H3. The highest BCUT2D eigenvalue weighted by atomic mass is 79.9. The predicted molar refractivity (Wildman–Crippen MR) is 77.4 cm³/mol. The van der Waals surface area contributed by atoms with Gasteiger partial charge in [-0.3, -0.25) is 14.9 Å². The minimum atomic E-state index is -0.507. The second-order valence-electron chi connectivity index (χ2n) is 4.11. The fraction of sp³-hybridized carbons (Fsp3) is 0.0714. The average Bonchev–Trinajstić information content (AvgIpc) is 2.42. The van der Waals surface area contributed by atoms with Gasteiger partial charge in [0, 0.05) is 6.07 Å². The highest BCUT2D eigenvalue weighted by Gasteiger charge is 2.17. The summed E-state index contributed by atoms with van der Waals surface area (Å²) in [5, 5.41) is 10.9. The smallest absolute Gasteiger partial charge is 0.287 e. The number of halogens is 1. The van der Waals surface area contributed by atoms with Crippen molar-refractivity contribution < 1.29 is 14.5 Å². The molecule has 5 nitrogen and oxygen atoms in total. The molecule has 0 aliphatic carbocycles. The number of benzene rings is 2. The topological polar surface area (TPSA) is 69.4 Å². The van der Waals surface area contributed by atoms with Crippen LogP contribution in [-0.4, -0.2) is 11.2 Å². The Morgan fingerprint density at radius 2 is 2.00 bits per heavy atom. The molecule has 0 unspecified atom stereocenters. The lowest BCUT2D eigenvalue weighted by Gasteiger charge is -2.10. The molecule has 0 saturated carbocycles. The van der Waals surface area contributed by atoms with E-state index in [9.17, 15) is 14.9 Å². The number of hydrogen-bond acceptors (Lipinski definition) is 4. The first kappa shape index (κ1) is 14.2. The normalized spacial score (nSPS) is 10.1. The summed E-state index contributed by atoms with van der Waals surface area (Å²) in [6.07, 6.45) is 0.688. The maximum atomic E-state index is 11.0. The Bertz CT molecular complexity index is 685. The van der Waals surface area contributed by atoms with Crippen molar-refractivity contribution in [2.75, 3.05) is 0 Å². The third-order valence-electron chi connectivity index (χ3n) is 2.65. The number of carbonyl (C=O) groups excluding carboxylic acids is 1. The molecular formula is C14H10BrNO4. The molecule has 102 valence electrons. The van der Waals surface area contributed by atoms with Crippen LogP contribution in [0.1, 0.15) is 15.9 Å². The third kappa shape index (κ3) is 2.85. The van der Waals surface area contributed by atoms with E-state index in [-0.39, 0.29) is 15.9 Å². The molecule has 0 saturated heterocycles. The number of nitro groups is 1. The van der Waals surface area contributed by atoms with Gasteiger partial charge in [-0.1, -0.05) is 17.7 Å². The summed E-state index contributed by atoms with van der Waals surface area (Å²) in [5.41, 5.74) is 1.23. The summed E-state index contributed by atoms with van der Waals surface area (Å²) in [6, 6.07) is 9.62. The van der Waals surface area contributed by atoms with E-state index in [1.807, 2.05) is 6.92 Å². The van der Waals surface area contributed by atoms with Crippen LogP contribution >= 0.6 is 15.9 Å². The van der Waals surface area contributed by atoms with Crippen LogP contribution in [0.3, 0.4) is 0 Å². The van der Waals surface area contributed by atoms with Crippen molar-refractivity contribution in [3.05, 3.63) is 62.1 Å². The van der Waals surface area contributed by atoms with E-state index in [0.29, 0.717) is 17.6 Å². The lowest BCUT2D eigenvalue weighted by atomic mass is 10.1. The number of rotatable bonds is 4. The van der Waals surface area contributed by atoms with Crippen LogP contribution in [0.25, 0.3) is 0 Å². The summed E-state index contributed by atoms with van der Waals surface area (Å²) in [5.74, 6) is 0.637. The molecule has 2 aromatic rings. The van der Waals surface area contributed by atoms with Gasteiger partial charge in [0.2, 0.25) is 0 Å². The minimum absolute atomic E-state index is 0.0951. The molecule has 0 radical (unpaired) electrons. The molecule has 6 heteroatoms. The Kier molecular flexibility index (Phi) is 4.14. The highest BCUT2D eigenvalue weighted by molar-refractivity contribution is 9.10. The van der Waals surface area contributed by atoms with Gasteiger partial charge in [-0.15, -0.1) is 0 Å². The zero-order chi connectivity index (χ0) is 14.7. The van der Waals surface area contributed by atoms with Crippen LogP contribution in [0.4, 0.5) is 5.69 Å². The molecule has 0 bridgehead atoms. The first-order valence-corrected chi connectivity index (χ1v) is 6.49. The van der Waals surface area contributed by atoms with Gasteiger partial charge >= 0.3 is 0 Å². The van der Waals surface area contributed by atoms with E-state index < -0.39 is 4.92 Å². The largest absolute Gasteiger partial charge is 0.455 e. The maximum absolute atomic E-state index is 11.0. The molecule has 0 atom stereocenters. The molecule has 0 heterocycles. The molecule has 0 aliphatic heterocycles. The Morgan fingerprint density at radius 3 is 2.65 bits per heavy atom. The summed E-state index contributed by atoms with van der Waals surface area (Å²) in [7, 11) is 0. The Morgan fingerprint density at radius 1 is 1.25 bits per heavy atom. The van der Waals surface area contributed by atoms with Crippen molar-refractivity contribution in [3.8, 4) is 11.5 Å². The van der Waals surface area contributed by atoms with Crippen LogP contribution in [0.2, 0.25) is 0 Å². The Balaban J connectivity index is 2.43. The number of aryl methyl sites for hydroxylation is 1. The maximum Gasteiger partial charge on any atom is 0.287 e. The van der Waals surface area contributed by atoms with Crippen molar-refractivity contribution in [2.24, 2.45) is 0 Å². The minimum Gasteiger partial charge on any atom is -0.455 e. The highest BCUT2D eigenvalue weighted by Crippen LogP contribution is 2.37. The van der Waals surface area contributed by atoms with Gasteiger partial charge < -0.3 is 4.74 Å². The summed E-state index contributed by atoms with van der Waals surface area (Å²) >= 11 is 3.15. The van der Waals surface area contributed by atoms with E-state index in [2.05, 4.69) is 15.9 Å². The van der Waals surface area contributed by atoms with Crippen LogP contribution in [0.5, 0.6) is 11.5 Å². The molecule has 0 fully saturated rings. The van der Waals surface area contributed by atoms with Gasteiger partial charge in [0.05, 0.1) is 10.5 Å². The van der Waals surface area contributed by atoms with E-state index in [4.69, 9.17) is 4.74 Å². The number of hydrogen-bond donors (Lipinski definition) is 0. The molecule has 0 N–H and O–H groups in total. The first-order valence-electron chi connectivity index (χ1n) is 5.69. The zero-order valence-corrected chi connectivity index (χ0v) is 12.1. The quantitative estimate of drug-likeness (QED) is 0.475. The Labute approximate surface area is 123 Å². The molecular weight excluding hydrogens is 326 g/mol. The third-order valence-corrected chi connectivity index (χ3v) is 3.45. The predicted octanol–water partition coefficient (Wildman–Crippen LogP) is 4.27. The first-order chi connectivity index (χ1) is 9.52. The van der Waals surface area contributed by atoms with Crippen molar-refractivity contribution in [1.82, 2.24) is 0 Å². The molecule has 0 spiro atoms. The molecule has 0 aliphatic rings. The zero-order valence-electron chi connectivity index (χ0n) is 10.5. The van der Waals surface area contributed by atoms with Crippen LogP contribution in [-0.2, 0) is 0 Å². The van der Waals surface area contributed by atoms with E-state index in [1.165, 1.54) is 12.1 Å². The van der Waals surface area contributed by atoms with E-state index >= 15 is 0 Å². The molecule has 2 aromatic carbocycles. The van der Waals surface area contributed by atoms with E-state index in [1.54, 1.807) is 24.3 Å². The summed E-state index contributed by atoms with van der Waals surface area (Å²) < 4.78 is 5.83. The van der Waals surface area contributed by atoms with Gasteiger partial charge in [0.1, 0.15) is 16.0 Å². The molecule has 0 amide bonds. The fourth-order valence-corrected chi connectivity index (χ4v) is 2.18. The average molecular weight is 336 g/mol. The van der Waals surface area contributed by atoms with Gasteiger partial charge in [0.15, 0.2) is 6.29 Å². The monoisotopic (exact) mass is 335 g/mol. The molecule has 0 aromatic heterocycles. The van der Waals surface area contributed by atoms with Gasteiger partial charge in [-0.25, -0.2) is 0 Å². The van der Waals surface area contributed by atoms with Gasteiger partial charge in [-0.2, -0.15) is 0 Å². The second kappa shape index (κ2) is 5.83. The molecule has 2 rings (SSSR count). The number of ether oxygens (including phenoxy) is 1. The van der Waals surface area contributed by atoms with Crippen molar-refractivity contribution >= 4 is 27.9 Å². The summed E-state index contributed by atoms with van der Waals surface area (Å²) in [6.45, 7) is 1.86. The van der Waals surface area contributed by atoms with Crippen LogP contribution < -0.4 is 4.74 Å². The number of nitro benzene ring substituents is 1. The second-order valence-corrected chi connectivity index (χ2v) is 4.90. The number of carbonyl (C=O) groups is 1. The lowest BCUT2D eigenvalue weighted by molar-refractivity contribution is -0.385. The van der Waals surface area contributed by atoms with Crippen LogP contribution in [0, 0.1) is 17.0 Å². The Hall–Kier alpha value is -2.21. The fourth-order valence-electron chi connectivity index (χ4n) is 1.69. The van der Waals surface area contributed by atoms with Crippen molar-refractivity contribution in [1.29, 1.82) is 0 Å². The summed E-state index contributed by atoms with van der Waals surface area (Å²) in [4.78, 5) is 21.4.